The Labute approximate surface area is 138 Å². The molecule has 23 heavy (non-hydrogen) atoms. The smallest absolute Gasteiger partial charge is 0.0628 e. The zero-order valence-electron chi connectivity index (χ0n) is 13.4. The molecule has 0 aliphatic carbocycles. The lowest BCUT2D eigenvalue weighted by Crippen LogP contribution is -2.43. The van der Waals surface area contributed by atoms with E-state index in [-0.39, 0.29) is 25.2 Å². The van der Waals surface area contributed by atoms with Gasteiger partial charge in [0.15, 0.2) is 0 Å². The fraction of sp³-hybridized carbons (Fsp3) is 0.400. The van der Waals surface area contributed by atoms with E-state index in [2.05, 4.69) is 41.3 Å². The minimum Gasteiger partial charge on any atom is -0.396 e. The van der Waals surface area contributed by atoms with Crippen LogP contribution in [0.2, 0.25) is 0 Å². The molecule has 1 saturated heterocycles. The average Bonchev–Trinajstić information content (AvgIpc) is 2.64. The van der Waals surface area contributed by atoms with E-state index in [9.17, 15) is 10.2 Å². The number of hydrogen-bond donors (Lipinski definition) is 2. The van der Waals surface area contributed by atoms with Crippen LogP contribution in [-0.4, -0.2) is 41.4 Å². The Morgan fingerprint density at radius 3 is 2.22 bits per heavy atom. The topological polar surface area (TPSA) is 43.7 Å². The number of rotatable bonds is 5. The first kappa shape index (κ1) is 16.2. The molecule has 3 atom stereocenters. The molecule has 0 saturated carbocycles. The summed E-state index contributed by atoms with van der Waals surface area (Å²) in [7, 11) is 0. The van der Waals surface area contributed by atoms with Gasteiger partial charge in [0.25, 0.3) is 0 Å². The molecule has 2 aromatic rings. The molecule has 3 rings (SSSR count). The molecular weight excluding hydrogens is 286 g/mol. The van der Waals surface area contributed by atoms with E-state index >= 15 is 0 Å². The maximum Gasteiger partial charge on any atom is 0.0628 e. The van der Waals surface area contributed by atoms with E-state index < -0.39 is 0 Å². The molecule has 1 aliphatic heterocycles. The summed E-state index contributed by atoms with van der Waals surface area (Å²) in [6.07, 6.45) is 1.01. The van der Waals surface area contributed by atoms with E-state index in [1.54, 1.807) is 0 Å². The summed E-state index contributed by atoms with van der Waals surface area (Å²) >= 11 is 0. The van der Waals surface area contributed by atoms with Crippen LogP contribution in [0.5, 0.6) is 0 Å². The Morgan fingerprint density at radius 1 is 0.957 bits per heavy atom. The number of hydrogen-bond acceptors (Lipinski definition) is 3. The largest absolute Gasteiger partial charge is 0.396 e. The summed E-state index contributed by atoms with van der Waals surface area (Å²) in [6, 6.07) is 20.6. The third kappa shape index (κ3) is 3.63. The van der Waals surface area contributed by atoms with E-state index in [0.717, 1.165) is 25.1 Å². The van der Waals surface area contributed by atoms with Crippen molar-refractivity contribution in [3.8, 4) is 0 Å². The highest BCUT2D eigenvalue weighted by Gasteiger charge is 2.33. The lowest BCUT2D eigenvalue weighted by atomic mass is 9.80. The van der Waals surface area contributed by atoms with E-state index in [4.69, 9.17) is 0 Å². The zero-order chi connectivity index (χ0) is 16.1. The highest BCUT2D eigenvalue weighted by Crippen LogP contribution is 2.35. The van der Waals surface area contributed by atoms with Crippen LogP contribution in [0.3, 0.4) is 0 Å². The molecule has 2 aromatic carbocycles. The molecule has 122 valence electrons. The highest BCUT2D eigenvalue weighted by atomic mass is 16.3. The van der Waals surface area contributed by atoms with Crippen LogP contribution in [0, 0.1) is 5.92 Å². The molecule has 1 aliphatic rings. The normalized spacial score (nSPS) is 23.6. The van der Waals surface area contributed by atoms with Crippen LogP contribution in [0.1, 0.15) is 29.5 Å². The van der Waals surface area contributed by atoms with Crippen molar-refractivity contribution >= 4 is 0 Å². The maximum absolute atomic E-state index is 9.88. The second kappa shape index (κ2) is 7.73. The monoisotopic (exact) mass is 311 g/mol. The van der Waals surface area contributed by atoms with Gasteiger partial charge in [-0.1, -0.05) is 60.7 Å². The van der Waals surface area contributed by atoms with Crippen LogP contribution in [0.4, 0.5) is 0 Å². The van der Waals surface area contributed by atoms with Crippen molar-refractivity contribution in [3.05, 3.63) is 71.8 Å². The van der Waals surface area contributed by atoms with Crippen molar-refractivity contribution in [1.29, 1.82) is 0 Å². The van der Waals surface area contributed by atoms with Crippen LogP contribution >= 0.6 is 0 Å². The van der Waals surface area contributed by atoms with Gasteiger partial charge in [-0.2, -0.15) is 0 Å². The van der Waals surface area contributed by atoms with Gasteiger partial charge in [0, 0.05) is 19.1 Å². The molecule has 3 nitrogen and oxygen atoms in total. The standard InChI is InChI=1S/C20H25NO2/c22-14-18-13-21(20(15-23)17-9-5-2-6-10-17)12-11-19(18)16-7-3-1-4-8-16/h1-10,18-20,22-23H,11-15H2/t18-,19-,20-/m0/s1. The molecule has 0 unspecified atom stereocenters. The van der Waals surface area contributed by atoms with Gasteiger partial charge in [-0.3, -0.25) is 4.90 Å². The van der Waals surface area contributed by atoms with Crippen LogP contribution < -0.4 is 0 Å². The van der Waals surface area contributed by atoms with Crippen molar-refractivity contribution in [1.82, 2.24) is 4.90 Å². The molecule has 0 radical (unpaired) electrons. The van der Waals surface area contributed by atoms with E-state index in [1.165, 1.54) is 5.56 Å². The fourth-order valence-electron chi connectivity index (χ4n) is 3.77. The number of aliphatic hydroxyl groups excluding tert-OH is 2. The Bertz CT molecular complexity index is 587. The molecule has 0 aromatic heterocycles. The molecule has 3 heteroatoms. The lowest BCUT2D eigenvalue weighted by Gasteiger charge is -2.41. The predicted molar refractivity (Wildman–Crippen MR) is 92.2 cm³/mol. The summed E-state index contributed by atoms with van der Waals surface area (Å²) in [4.78, 5) is 2.32. The summed E-state index contributed by atoms with van der Waals surface area (Å²) in [6.45, 7) is 2.05. The van der Waals surface area contributed by atoms with Crippen molar-refractivity contribution in [2.75, 3.05) is 26.3 Å². The molecule has 0 amide bonds. The van der Waals surface area contributed by atoms with Gasteiger partial charge >= 0.3 is 0 Å². The maximum atomic E-state index is 9.88. The SMILES string of the molecule is OC[C@@H]1CN([C@@H](CO)c2ccccc2)CC[C@H]1c1ccccc1. The van der Waals surface area contributed by atoms with Gasteiger partial charge in [0.2, 0.25) is 0 Å². The molecule has 0 spiro atoms. The van der Waals surface area contributed by atoms with Crippen LogP contribution in [0.25, 0.3) is 0 Å². The predicted octanol–water partition coefficient (Wildman–Crippen LogP) is 2.82. The Morgan fingerprint density at radius 2 is 1.61 bits per heavy atom. The first-order valence-electron chi connectivity index (χ1n) is 8.39. The summed E-state index contributed by atoms with van der Waals surface area (Å²) in [5.74, 6) is 0.608. The van der Waals surface area contributed by atoms with Crippen molar-refractivity contribution < 1.29 is 10.2 Å². The van der Waals surface area contributed by atoms with Crippen molar-refractivity contribution in [2.45, 2.75) is 18.4 Å². The van der Waals surface area contributed by atoms with Crippen LogP contribution in [0.15, 0.2) is 60.7 Å². The molecule has 0 bridgehead atoms. The van der Waals surface area contributed by atoms with E-state index in [0.29, 0.717) is 5.92 Å². The Kier molecular flexibility index (Phi) is 5.44. The number of likely N-dealkylation sites (tertiary alicyclic amines) is 1. The van der Waals surface area contributed by atoms with E-state index in [1.807, 2.05) is 24.3 Å². The second-order valence-electron chi connectivity index (χ2n) is 6.35. The first-order valence-corrected chi connectivity index (χ1v) is 8.39. The minimum atomic E-state index is 0.0157. The van der Waals surface area contributed by atoms with Crippen molar-refractivity contribution in [2.24, 2.45) is 5.92 Å². The van der Waals surface area contributed by atoms with Crippen molar-refractivity contribution in [3.63, 3.8) is 0 Å². The van der Waals surface area contributed by atoms with Crippen LogP contribution in [-0.2, 0) is 0 Å². The highest BCUT2D eigenvalue weighted by molar-refractivity contribution is 5.23. The van der Waals surface area contributed by atoms with Gasteiger partial charge < -0.3 is 10.2 Å². The average molecular weight is 311 g/mol. The Hall–Kier alpha value is -1.68. The molecule has 1 heterocycles. The van der Waals surface area contributed by atoms with Gasteiger partial charge in [-0.25, -0.2) is 0 Å². The van der Waals surface area contributed by atoms with Gasteiger partial charge in [0.1, 0.15) is 0 Å². The molecule has 1 fully saturated rings. The number of nitrogens with zero attached hydrogens (tertiary/aromatic N) is 1. The van der Waals surface area contributed by atoms with Gasteiger partial charge in [-0.15, -0.1) is 0 Å². The number of aliphatic hydroxyl groups is 2. The third-order valence-corrected chi connectivity index (χ3v) is 5.03. The zero-order valence-corrected chi connectivity index (χ0v) is 13.4. The van der Waals surface area contributed by atoms with Gasteiger partial charge in [0.05, 0.1) is 12.6 Å². The third-order valence-electron chi connectivity index (χ3n) is 5.03. The minimum absolute atomic E-state index is 0.0157. The number of benzene rings is 2. The van der Waals surface area contributed by atoms with Gasteiger partial charge in [-0.05, 0) is 30.0 Å². The number of piperidine rings is 1. The molecule has 2 N–H and O–H groups in total. The summed E-state index contributed by atoms with van der Waals surface area (Å²) < 4.78 is 0. The lowest BCUT2D eigenvalue weighted by molar-refractivity contribution is 0.0476. The quantitative estimate of drug-likeness (QED) is 0.892. The fourth-order valence-corrected chi connectivity index (χ4v) is 3.77. The molecular formula is C20H25NO2. The first-order chi connectivity index (χ1) is 11.3. The summed E-state index contributed by atoms with van der Waals surface area (Å²) in [5, 5.41) is 19.7. The second-order valence-corrected chi connectivity index (χ2v) is 6.35. The summed E-state index contributed by atoms with van der Waals surface area (Å²) in [5.41, 5.74) is 2.45. The Balaban J connectivity index is 1.75.